The van der Waals surface area contributed by atoms with Crippen LogP contribution in [0.1, 0.15) is 36.0 Å². The standard InChI is InChI=1S/C18H22N2O3S2/c1-2-6-17-19-15(11-24-17)12-25(22,23)13-18(21)20-10-5-8-14-7-3-4-9-16(14)20/h3-4,7,9,11H,2,5-6,8,10,12-13H2,1H3. The Labute approximate surface area is 152 Å². The van der Waals surface area contributed by atoms with Crippen LogP contribution in [0.3, 0.4) is 0 Å². The van der Waals surface area contributed by atoms with Gasteiger partial charge in [-0.15, -0.1) is 11.3 Å². The van der Waals surface area contributed by atoms with E-state index in [0.29, 0.717) is 12.2 Å². The lowest BCUT2D eigenvalue weighted by Gasteiger charge is -2.29. The fraction of sp³-hybridized carbons (Fsp3) is 0.444. The second kappa shape index (κ2) is 7.66. The van der Waals surface area contributed by atoms with E-state index in [1.165, 1.54) is 11.3 Å². The Balaban J connectivity index is 1.69. The first-order valence-corrected chi connectivity index (χ1v) is 11.2. The molecule has 0 aliphatic carbocycles. The Kier molecular flexibility index (Phi) is 5.54. The number of hydrogen-bond donors (Lipinski definition) is 0. The predicted octanol–water partition coefficient (Wildman–Crippen LogP) is 2.99. The van der Waals surface area contributed by atoms with Gasteiger partial charge in [0, 0.05) is 17.6 Å². The molecular weight excluding hydrogens is 356 g/mol. The van der Waals surface area contributed by atoms with Gasteiger partial charge in [-0.3, -0.25) is 4.79 Å². The third-order valence-electron chi connectivity index (χ3n) is 4.19. The molecule has 0 unspecified atom stereocenters. The molecule has 25 heavy (non-hydrogen) atoms. The van der Waals surface area contributed by atoms with E-state index in [0.717, 1.165) is 41.9 Å². The lowest BCUT2D eigenvalue weighted by atomic mass is 10.0. The minimum atomic E-state index is -3.53. The van der Waals surface area contributed by atoms with Gasteiger partial charge in [-0.25, -0.2) is 13.4 Å². The minimum Gasteiger partial charge on any atom is -0.311 e. The van der Waals surface area contributed by atoms with Crippen molar-refractivity contribution >= 4 is 32.8 Å². The highest BCUT2D eigenvalue weighted by Crippen LogP contribution is 2.27. The number of carbonyl (C=O) groups is 1. The van der Waals surface area contributed by atoms with Gasteiger partial charge in [0.15, 0.2) is 9.84 Å². The molecule has 134 valence electrons. The summed E-state index contributed by atoms with van der Waals surface area (Å²) in [6, 6.07) is 7.70. The third-order valence-corrected chi connectivity index (χ3v) is 6.57. The molecule has 0 spiro atoms. The average molecular weight is 379 g/mol. The van der Waals surface area contributed by atoms with Gasteiger partial charge in [-0.05, 0) is 37.3 Å². The van der Waals surface area contributed by atoms with Crippen LogP contribution in [0.5, 0.6) is 0 Å². The summed E-state index contributed by atoms with van der Waals surface area (Å²) in [5, 5.41) is 2.73. The summed E-state index contributed by atoms with van der Waals surface area (Å²) in [7, 11) is -3.53. The molecule has 1 aliphatic heterocycles. The van der Waals surface area contributed by atoms with Crippen LogP contribution in [0.4, 0.5) is 5.69 Å². The average Bonchev–Trinajstić information content (AvgIpc) is 3.00. The van der Waals surface area contributed by atoms with E-state index in [-0.39, 0.29) is 11.7 Å². The van der Waals surface area contributed by atoms with E-state index in [2.05, 4.69) is 11.9 Å². The molecule has 1 aromatic heterocycles. The van der Waals surface area contributed by atoms with Crippen molar-refractivity contribution in [2.24, 2.45) is 0 Å². The first-order valence-electron chi connectivity index (χ1n) is 8.50. The Morgan fingerprint density at radius 3 is 2.92 bits per heavy atom. The number of benzene rings is 1. The number of aryl methyl sites for hydroxylation is 2. The van der Waals surface area contributed by atoms with Crippen LogP contribution in [0, 0.1) is 0 Å². The topological polar surface area (TPSA) is 67.3 Å². The molecule has 7 heteroatoms. The molecule has 2 heterocycles. The zero-order chi connectivity index (χ0) is 17.9. The normalized spacial score (nSPS) is 14.4. The van der Waals surface area contributed by atoms with Gasteiger partial charge in [0.05, 0.1) is 16.5 Å². The van der Waals surface area contributed by atoms with Gasteiger partial charge in [0.2, 0.25) is 5.91 Å². The summed E-state index contributed by atoms with van der Waals surface area (Å²) in [6.07, 6.45) is 3.61. The molecule has 5 nitrogen and oxygen atoms in total. The third kappa shape index (κ3) is 4.46. The number of nitrogens with zero attached hydrogens (tertiary/aromatic N) is 2. The lowest BCUT2D eigenvalue weighted by Crippen LogP contribution is -2.39. The number of amides is 1. The van der Waals surface area contributed by atoms with Crippen LogP contribution in [-0.4, -0.2) is 31.6 Å². The van der Waals surface area contributed by atoms with E-state index in [9.17, 15) is 13.2 Å². The second-order valence-corrected chi connectivity index (χ2v) is 9.30. The van der Waals surface area contributed by atoms with Crippen molar-refractivity contribution in [2.75, 3.05) is 17.2 Å². The first kappa shape index (κ1) is 18.1. The lowest BCUT2D eigenvalue weighted by molar-refractivity contribution is -0.116. The molecule has 0 saturated heterocycles. The molecule has 1 amide bonds. The number of anilines is 1. The van der Waals surface area contributed by atoms with Crippen molar-refractivity contribution in [3.8, 4) is 0 Å². The molecule has 1 aromatic carbocycles. The van der Waals surface area contributed by atoms with Crippen molar-refractivity contribution < 1.29 is 13.2 Å². The SMILES string of the molecule is CCCc1nc(CS(=O)(=O)CC(=O)N2CCCc3ccccc32)cs1. The number of thiazole rings is 1. The highest BCUT2D eigenvalue weighted by atomic mass is 32.2. The van der Waals surface area contributed by atoms with Gasteiger partial charge >= 0.3 is 0 Å². The fourth-order valence-electron chi connectivity index (χ4n) is 3.08. The number of sulfone groups is 1. The monoisotopic (exact) mass is 378 g/mol. The van der Waals surface area contributed by atoms with Crippen LogP contribution >= 0.6 is 11.3 Å². The predicted molar refractivity (Wildman–Crippen MR) is 101 cm³/mol. The second-order valence-electron chi connectivity index (χ2n) is 6.29. The first-order chi connectivity index (χ1) is 12.0. The number of para-hydroxylation sites is 1. The smallest absolute Gasteiger partial charge is 0.242 e. The molecule has 0 radical (unpaired) electrons. The summed E-state index contributed by atoms with van der Waals surface area (Å²) >= 11 is 1.48. The van der Waals surface area contributed by atoms with Crippen molar-refractivity contribution in [1.82, 2.24) is 4.98 Å². The highest BCUT2D eigenvalue weighted by molar-refractivity contribution is 7.91. The van der Waals surface area contributed by atoms with Gasteiger partial charge in [0.25, 0.3) is 0 Å². The zero-order valence-electron chi connectivity index (χ0n) is 14.3. The van der Waals surface area contributed by atoms with E-state index >= 15 is 0 Å². The maximum absolute atomic E-state index is 12.6. The molecular formula is C18H22N2O3S2. The maximum Gasteiger partial charge on any atom is 0.242 e. The maximum atomic E-state index is 12.6. The molecule has 0 atom stereocenters. The van der Waals surface area contributed by atoms with Crippen molar-refractivity contribution in [3.63, 3.8) is 0 Å². The summed E-state index contributed by atoms with van der Waals surface area (Å²) in [4.78, 5) is 18.6. The molecule has 1 aliphatic rings. The van der Waals surface area contributed by atoms with Crippen molar-refractivity contribution in [3.05, 3.63) is 45.9 Å². The number of rotatable bonds is 6. The summed E-state index contributed by atoms with van der Waals surface area (Å²) < 4.78 is 24.9. The van der Waals surface area contributed by atoms with Crippen LogP contribution in [0.25, 0.3) is 0 Å². The number of fused-ring (bicyclic) bond motifs is 1. The van der Waals surface area contributed by atoms with Crippen LogP contribution < -0.4 is 4.90 Å². The van der Waals surface area contributed by atoms with Gasteiger partial charge in [-0.2, -0.15) is 0 Å². The summed E-state index contributed by atoms with van der Waals surface area (Å²) in [5.41, 5.74) is 2.48. The van der Waals surface area contributed by atoms with E-state index in [4.69, 9.17) is 0 Å². The van der Waals surface area contributed by atoms with Crippen LogP contribution in [0.15, 0.2) is 29.6 Å². The van der Waals surface area contributed by atoms with Crippen molar-refractivity contribution in [1.29, 1.82) is 0 Å². The molecule has 0 bridgehead atoms. The largest absolute Gasteiger partial charge is 0.311 e. The molecule has 0 saturated carbocycles. The zero-order valence-corrected chi connectivity index (χ0v) is 15.9. The Hall–Kier alpha value is -1.73. The Morgan fingerprint density at radius 1 is 1.32 bits per heavy atom. The highest BCUT2D eigenvalue weighted by Gasteiger charge is 2.27. The molecule has 2 aromatic rings. The molecule has 0 fully saturated rings. The van der Waals surface area contributed by atoms with E-state index in [1.54, 1.807) is 10.3 Å². The summed E-state index contributed by atoms with van der Waals surface area (Å²) in [6.45, 7) is 2.63. The molecule has 3 rings (SSSR count). The fourth-order valence-corrected chi connectivity index (χ4v) is 5.32. The van der Waals surface area contributed by atoms with Gasteiger partial charge in [0.1, 0.15) is 5.75 Å². The van der Waals surface area contributed by atoms with Gasteiger partial charge < -0.3 is 4.90 Å². The number of carbonyl (C=O) groups excluding carboxylic acids is 1. The van der Waals surface area contributed by atoms with Gasteiger partial charge in [-0.1, -0.05) is 25.1 Å². The summed E-state index contributed by atoms with van der Waals surface area (Å²) in [5.74, 6) is -0.993. The van der Waals surface area contributed by atoms with E-state index in [1.807, 2.05) is 24.3 Å². The Bertz CT molecular complexity index is 859. The number of hydrogen-bond acceptors (Lipinski definition) is 5. The minimum absolute atomic E-state index is 0.172. The number of aromatic nitrogens is 1. The Morgan fingerprint density at radius 2 is 2.12 bits per heavy atom. The molecule has 0 N–H and O–H groups in total. The van der Waals surface area contributed by atoms with Crippen LogP contribution in [0.2, 0.25) is 0 Å². The van der Waals surface area contributed by atoms with E-state index < -0.39 is 15.6 Å². The quantitative estimate of drug-likeness (QED) is 0.775. The van der Waals surface area contributed by atoms with Crippen molar-refractivity contribution in [2.45, 2.75) is 38.4 Å². The van der Waals surface area contributed by atoms with Crippen LogP contribution in [-0.2, 0) is 33.2 Å².